The molecule has 1 N–H and O–H groups in total. The molecule has 0 radical (unpaired) electrons. The lowest BCUT2D eigenvalue weighted by Gasteiger charge is -2.44. The van der Waals surface area contributed by atoms with Gasteiger partial charge in [0.25, 0.3) is 6.71 Å². The molecule has 3 aliphatic carbocycles. The van der Waals surface area contributed by atoms with E-state index in [0.29, 0.717) is 17.8 Å². The number of aryl methyl sites for hydroxylation is 2. The lowest BCUT2D eigenvalue weighted by Crippen LogP contribution is -2.58. The largest absolute Gasteiger partial charge is 0.474 e. The molecule has 1 aliphatic heterocycles. The highest BCUT2D eigenvalue weighted by Crippen LogP contribution is 2.53. The second-order valence-electron chi connectivity index (χ2n) is 27.5. The molecule has 0 saturated heterocycles. The van der Waals surface area contributed by atoms with Crippen molar-refractivity contribution in [1.29, 1.82) is 0 Å². The lowest BCUT2D eigenvalue weighted by atomic mass is 9.35. The highest BCUT2D eigenvalue weighted by molar-refractivity contribution is 6.98. The molecule has 1 unspecified atom stereocenters. The molecule has 0 amide bonds. The first-order valence-corrected chi connectivity index (χ1v) is 27.3. The van der Waals surface area contributed by atoms with Crippen LogP contribution in [0.25, 0.3) is 0 Å². The molecule has 3 nitrogen and oxygen atoms in total. The van der Waals surface area contributed by atoms with Gasteiger partial charge in [0, 0.05) is 39.4 Å². The summed E-state index contributed by atoms with van der Waals surface area (Å²) in [6.45, 7) is 50.8. The predicted octanol–water partition coefficient (Wildman–Crippen LogP) is 16.9. The molecule has 1 atom stereocenters. The molecular weight excluding hydrogens is 836 g/mol. The Morgan fingerprint density at radius 2 is 1.28 bits per heavy atom. The summed E-state index contributed by atoms with van der Waals surface area (Å²) in [4.78, 5) is 2.71. The number of hydrogen-bond acceptors (Lipinski definition) is 3. The van der Waals surface area contributed by atoms with Gasteiger partial charge in [-0.1, -0.05) is 136 Å². The highest BCUT2D eigenvalue weighted by atomic mass is 16.3. The van der Waals surface area contributed by atoms with Crippen molar-refractivity contribution in [3.8, 4) is 0 Å². The zero-order chi connectivity index (χ0) is 50.5. The van der Waals surface area contributed by atoms with Gasteiger partial charge in [-0.2, -0.15) is 0 Å². The summed E-state index contributed by atoms with van der Waals surface area (Å²) in [5.74, 6) is 2.72. The number of rotatable bonds is 8. The van der Waals surface area contributed by atoms with Crippen molar-refractivity contribution in [2.75, 3.05) is 10.2 Å². The van der Waals surface area contributed by atoms with Crippen LogP contribution in [0.2, 0.25) is 0 Å². The van der Waals surface area contributed by atoms with Crippen LogP contribution in [-0.2, 0) is 32.5 Å². The number of anilines is 5. The molecule has 4 heteroatoms. The maximum Gasteiger partial charge on any atom is 0.294 e. The van der Waals surface area contributed by atoms with Crippen LogP contribution in [0.15, 0.2) is 52.9 Å². The Kier molecular flexibility index (Phi) is 11.9. The van der Waals surface area contributed by atoms with Crippen LogP contribution >= 0.6 is 0 Å². The zero-order valence-corrected chi connectivity index (χ0v) is 47.2. The van der Waals surface area contributed by atoms with Gasteiger partial charge < -0.3 is 14.6 Å². The minimum atomic E-state index is -0.146. The fourth-order valence-electron chi connectivity index (χ4n) is 14.1. The van der Waals surface area contributed by atoms with Gasteiger partial charge in [-0.3, -0.25) is 0 Å². The van der Waals surface area contributed by atoms with Crippen molar-refractivity contribution in [2.24, 2.45) is 5.92 Å². The molecule has 4 aliphatic rings. The van der Waals surface area contributed by atoms with Gasteiger partial charge >= 0.3 is 0 Å². The summed E-state index contributed by atoms with van der Waals surface area (Å²) >= 11 is 0. The summed E-state index contributed by atoms with van der Waals surface area (Å²) in [6, 6.07) is 20.3. The van der Waals surface area contributed by atoms with E-state index >= 15 is 0 Å². The highest BCUT2D eigenvalue weighted by Gasteiger charge is 2.49. The average molecular weight is 925 g/mol. The smallest absolute Gasteiger partial charge is 0.294 e. The Hall–Kier alpha value is -4.18. The molecule has 0 spiro atoms. The first-order chi connectivity index (χ1) is 31.9. The van der Waals surface area contributed by atoms with E-state index in [0.717, 1.165) is 24.9 Å². The van der Waals surface area contributed by atoms with Gasteiger partial charge in [0.15, 0.2) is 0 Å². The van der Waals surface area contributed by atoms with Gasteiger partial charge in [-0.25, -0.2) is 0 Å². The van der Waals surface area contributed by atoms with Crippen LogP contribution in [0.4, 0.5) is 28.4 Å². The van der Waals surface area contributed by atoms with E-state index in [1.54, 1.807) is 11.1 Å². The van der Waals surface area contributed by atoms with Crippen molar-refractivity contribution in [3.63, 3.8) is 0 Å². The molecule has 5 aromatic rings. The van der Waals surface area contributed by atoms with Crippen LogP contribution < -0.4 is 26.8 Å². The Bertz CT molecular complexity index is 2870. The Balaban J connectivity index is 1.42. The molecule has 0 bridgehead atoms. The molecular formula is C65H89BN2O. The molecule has 0 saturated carbocycles. The van der Waals surface area contributed by atoms with Crippen LogP contribution in [-0.4, -0.2) is 6.71 Å². The predicted molar refractivity (Wildman–Crippen MR) is 301 cm³/mol. The molecule has 69 heavy (non-hydrogen) atoms. The van der Waals surface area contributed by atoms with Gasteiger partial charge in [0.05, 0.1) is 5.66 Å². The maximum atomic E-state index is 7.71. The minimum absolute atomic E-state index is 0.00990. The molecule has 4 aromatic carbocycles. The number of fused-ring (bicyclic) bond motifs is 5. The Labute approximate surface area is 420 Å². The first-order valence-electron chi connectivity index (χ1n) is 27.3. The van der Waals surface area contributed by atoms with Gasteiger partial charge in [0.2, 0.25) is 0 Å². The summed E-state index contributed by atoms with van der Waals surface area (Å²) < 4.78 is 7.71. The number of nitrogens with zero attached hydrogens (tertiary/aromatic N) is 1. The number of furan rings is 1. The summed E-state index contributed by atoms with van der Waals surface area (Å²) in [5.41, 5.74) is 25.9. The molecule has 9 rings (SSSR count). The Morgan fingerprint density at radius 1 is 0.667 bits per heavy atom. The Morgan fingerprint density at radius 3 is 1.88 bits per heavy atom. The van der Waals surface area contributed by atoms with Crippen LogP contribution in [0.3, 0.4) is 0 Å². The van der Waals surface area contributed by atoms with Gasteiger partial charge in [0.1, 0.15) is 5.76 Å². The minimum Gasteiger partial charge on any atom is -0.474 e. The third kappa shape index (κ3) is 7.89. The van der Waals surface area contributed by atoms with Crippen molar-refractivity contribution in [2.45, 2.75) is 235 Å². The maximum absolute atomic E-state index is 7.71. The average Bonchev–Trinajstić information content (AvgIpc) is 3.62. The van der Waals surface area contributed by atoms with Gasteiger partial charge in [-0.05, 0) is 214 Å². The van der Waals surface area contributed by atoms with Crippen molar-refractivity contribution >= 4 is 51.7 Å². The van der Waals surface area contributed by atoms with E-state index < -0.39 is 0 Å². The van der Waals surface area contributed by atoms with E-state index in [-0.39, 0.29) is 39.2 Å². The number of benzene rings is 4. The third-order valence-corrected chi connectivity index (χ3v) is 19.1. The van der Waals surface area contributed by atoms with Crippen LogP contribution in [0.5, 0.6) is 0 Å². The first kappa shape index (κ1) is 49.8. The topological polar surface area (TPSA) is 28.4 Å². The second-order valence-corrected chi connectivity index (χ2v) is 27.5. The van der Waals surface area contributed by atoms with Crippen LogP contribution in [0.1, 0.15) is 241 Å². The summed E-state index contributed by atoms with van der Waals surface area (Å²) in [7, 11) is 0. The number of hydrogen-bond donors (Lipinski definition) is 1. The molecule has 368 valence electrons. The summed E-state index contributed by atoms with van der Waals surface area (Å²) in [5, 5.41) is 4.30. The summed E-state index contributed by atoms with van der Waals surface area (Å²) in [6.07, 6.45) is 8.14. The standard InChI is InChI=1S/C65H89BN2O/c1-22-60(10,11)46-35-49-53(34-45(46)38(4)5)68(52-36-48-47(33-40(52)7)61(12,13)27-28-62(48,14)15)54-32-39(6)31-51(67-50-24-23-44-43(37(2)3)25-26-63(16,17)55(44)41(50)8)57(54)66(49)59-42(9)56-58(69-59)65(20,21)30-29-64(56,18)19/h23-24,31-38,43,67H,22,25-30H2,1-21H3. The van der Waals surface area contributed by atoms with Crippen molar-refractivity contribution in [3.05, 3.63) is 115 Å². The van der Waals surface area contributed by atoms with E-state index in [4.69, 9.17) is 4.42 Å². The normalized spacial score (nSPS) is 20.6. The van der Waals surface area contributed by atoms with Crippen molar-refractivity contribution in [1.82, 2.24) is 0 Å². The van der Waals surface area contributed by atoms with Crippen LogP contribution in [0, 0.1) is 33.6 Å². The molecule has 2 heterocycles. The van der Waals surface area contributed by atoms with E-state index in [1.165, 1.54) is 121 Å². The third-order valence-electron chi connectivity index (χ3n) is 19.1. The number of nitrogens with one attached hydrogen (secondary N) is 1. The fourth-order valence-corrected chi connectivity index (χ4v) is 14.1. The lowest BCUT2D eigenvalue weighted by molar-refractivity contribution is 0.281. The van der Waals surface area contributed by atoms with E-state index in [9.17, 15) is 0 Å². The van der Waals surface area contributed by atoms with E-state index in [1.807, 2.05) is 0 Å². The van der Waals surface area contributed by atoms with Crippen molar-refractivity contribution < 1.29 is 4.42 Å². The second kappa shape index (κ2) is 16.4. The van der Waals surface area contributed by atoms with E-state index in [2.05, 4.69) is 204 Å². The van der Waals surface area contributed by atoms with Gasteiger partial charge in [-0.15, -0.1) is 0 Å². The zero-order valence-electron chi connectivity index (χ0n) is 47.2. The SMILES string of the molecule is CCC(C)(C)c1cc2c(cc1C(C)C)N(c1cc3c(cc1C)C(C)(C)CCC3(C)C)c1cc(C)cc(Nc3ccc4c(c3C)C(C)(C)CCC4C(C)C)c1B2c1oc2c(c1C)C(C)(C)CCC2(C)C. The quantitative estimate of drug-likeness (QED) is 0.154. The molecule has 0 fully saturated rings. The monoisotopic (exact) mass is 925 g/mol. The fraction of sp³-hybridized carbons (Fsp3) is 0.569. The molecule has 1 aromatic heterocycles.